The van der Waals surface area contributed by atoms with Gasteiger partial charge >= 0.3 is 5.97 Å². The van der Waals surface area contributed by atoms with Crippen molar-refractivity contribution in [3.05, 3.63) is 53.9 Å². The monoisotopic (exact) mass is 382 g/mol. The number of rotatable bonds is 6. The van der Waals surface area contributed by atoms with E-state index in [1.54, 1.807) is 6.07 Å². The summed E-state index contributed by atoms with van der Waals surface area (Å²) in [7, 11) is 1.30. The molecule has 9 heteroatoms. The summed E-state index contributed by atoms with van der Waals surface area (Å²) in [4.78, 5) is 32.4. The van der Waals surface area contributed by atoms with Gasteiger partial charge in [-0.2, -0.15) is 0 Å². The molecule has 0 saturated carbocycles. The third-order valence-electron chi connectivity index (χ3n) is 3.92. The van der Waals surface area contributed by atoms with Gasteiger partial charge in [0.15, 0.2) is 17.3 Å². The molecule has 3 rings (SSSR count). The molecule has 0 fully saturated rings. The van der Waals surface area contributed by atoms with Gasteiger partial charge < -0.3 is 25.6 Å². The van der Waals surface area contributed by atoms with Crippen molar-refractivity contribution in [3.63, 3.8) is 0 Å². The van der Waals surface area contributed by atoms with Gasteiger partial charge in [0, 0.05) is 10.9 Å². The van der Waals surface area contributed by atoms with Crippen LogP contribution in [0, 0.1) is 0 Å². The molecule has 0 unspecified atom stereocenters. The number of nitrogens with zero attached hydrogens (tertiary/aromatic N) is 2. The molecule has 0 aliphatic heterocycles. The van der Waals surface area contributed by atoms with Crippen molar-refractivity contribution in [3.8, 4) is 11.5 Å². The van der Waals surface area contributed by atoms with Crippen LogP contribution in [-0.2, 0) is 16.1 Å². The largest absolute Gasteiger partial charge is 0.504 e. The van der Waals surface area contributed by atoms with E-state index in [1.165, 1.54) is 19.2 Å². The number of anilines is 1. The highest BCUT2D eigenvalue weighted by atomic mass is 16.5. The molecule has 3 aromatic rings. The van der Waals surface area contributed by atoms with Crippen molar-refractivity contribution in [1.82, 2.24) is 15.3 Å². The fourth-order valence-corrected chi connectivity index (χ4v) is 2.49. The Bertz CT molecular complexity index is 1040. The van der Waals surface area contributed by atoms with Crippen LogP contribution in [-0.4, -0.2) is 45.7 Å². The molecule has 9 nitrogen and oxygen atoms in total. The van der Waals surface area contributed by atoms with E-state index in [4.69, 9.17) is 0 Å². The number of benzene rings is 2. The Morgan fingerprint density at radius 2 is 1.86 bits per heavy atom. The van der Waals surface area contributed by atoms with Crippen LogP contribution in [0.5, 0.6) is 11.5 Å². The van der Waals surface area contributed by atoms with Crippen molar-refractivity contribution >= 4 is 28.6 Å². The Morgan fingerprint density at radius 3 is 2.61 bits per heavy atom. The quantitative estimate of drug-likeness (QED) is 0.373. The number of ether oxygens (including phenoxy) is 1. The Labute approximate surface area is 160 Å². The average molecular weight is 382 g/mol. The number of carbonyl (C=O) groups excluding carboxylic acids is 2. The molecule has 4 N–H and O–H groups in total. The minimum atomic E-state index is -0.462. The van der Waals surface area contributed by atoms with Gasteiger partial charge in [0.2, 0.25) is 0 Å². The summed E-state index contributed by atoms with van der Waals surface area (Å²) >= 11 is 0. The van der Waals surface area contributed by atoms with E-state index in [1.807, 2.05) is 18.2 Å². The molecule has 0 spiro atoms. The molecule has 0 bridgehead atoms. The Hall–Kier alpha value is -3.88. The number of aromatic hydroxyl groups is 2. The Balaban J connectivity index is 1.79. The Morgan fingerprint density at radius 1 is 1.07 bits per heavy atom. The van der Waals surface area contributed by atoms with Gasteiger partial charge in [0.1, 0.15) is 12.4 Å². The number of fused-ring (bicyclic) bond motifs is 1. The highest BCUT2D eigenvalue weighted by Gasteiger charge is 2.12. The molecule has 0 saturated heterocycles. The fourth-order valence-electron chi connectivity index (χ4n) is 2.49. The lowest BCUT2D eigenvalue weighted by molar-refractivity contribution is -0.138. The number of esters is 1. The molecule has 0 aliphatic rings. The van der Waals surface area contributed by atoms with Crippen LogP contribution in [0.4, 0.5) is 5.82 Å². The highest BCUT2D eigenvalue weighted by Crippen LogP contribution is 2.25. The minimum absolute atomic E-state index is 0.0260. The number of hydrogen-bond acceptors (Lipinski definition) is 8. The second-order valence-corrected chi connectivity index (χ2v) is 5.82. The molecule has 1 aromatic heterocycles. The van der Waals surface area contributed by atoms with Gasteiger partial charge in [-0.15, -0.1) is 0 Å². The first kappa shape index (κ1) is 18.9. The van der Waals surface area contributed by atoms with Crippen LogP contribution in [0.3, 0.4) is 0 Å². The molecular formula is C19H18N4O5. The van der Waals surface area contributed by atoms with Gasteiger partial charge in [-0.25, -0.2) is 9.97 Å². The summed E-state index contributed by atoms with van der Waals surface area (Å²) in [6.45, 7) is -0.0334. The third kappa shape index (κ3) is 4.26. The molecule has 144 valence electrons. The van der Waals surface area contributed by atoms with E-state index >= 15 is 0 Å². The predicted octanol–water partition coefficient (Wildman–Crippen LogP) is 1.56. The van der Waals surface area contributed by atoms with E-state index in [-0.39, 0.29) is 30.2 Å². The van der Waals surface area contributed by atoms with Crippen molar-refractivity contribution < 1.29 is 24.5 Å². The standard InChI is InChI=1S/C19H18N4O5/c1-28-17(26)10-20-18-12-4-2-3-5-13(12)22-16(23-18)9-21-19(27)11-6-7-14(24)15(25)8-11/h2-8,24-25H,9-10H2,1H3,(H,21,27)(H,20,22,23). The maximum absolute atomic E-state index is 12.2. The maximum Gasteiger partial charge on any atom is 0.325 e. The first-order valence-corrected chi connectivity index (χ1v) is 8.34. The van der Waals surface area contributed by atoms with Crippen molar-refractivity contribution in [2.24, 2.45) is 0 Å². The normalized spacial score (nSPS) is 10.5. The summed E-state index contributed by atoms with van der Waals surface area (Å²) < 4.78 is 4.62. The van der Waals surface area contributed by atoms with Crippen molar-refractivity contribution in [2.75, 3.05) is 19.0 Å². The van der Waals surface area contributed by atoms with Gasteiger partial charge in [-0.1, -0.05) is 12.1 Å². The second-order valence-electron chi connectivity index (χ2n) is 5.82. The lowest BCUT2D eigenvalue weighted by Gasteiger charge is -2.11. The van der Waals surface area contributed by atoms with E-state index in [0.717, 1.165) is 11.5 Å². The van der Waals surface area contributed by atoms with Crippen LogP contribution in [0.2, 0.25) is 0 Å². The number of amides is 1. The molecule has 0 atom stereocenters. The zero-order valence-electron chi connectivity index (χ0n) is 15.0. The molecular weight excluding hydrogens is 364 g/mol. The average Bonchev–Trinajstić information content (AvgIpc) is 2.71. The van der Waals surface area contributed by atoms with Gasteiger partial charge in [-0.3, -0.25) is 9.59 Å². The number of carbonyl (C=O) groups is 2. The number of aromatic nitrogens is 2. The van der Waals surface area contributed by atoms with Crippen LogP contribution < -0.4 is 10.6 Å². The van der Waals surface area contributed by atoms with Gasteiger partial charge in [0.05, 0.1) is 19.2 Å². The second kappa shape index (κ2) is 8.21. The summed E-state index contributed by atoms with van der Waals surface area (Å²) in [6.07, 6.45) is 0. The van der Waals surface area contributed by atoms with Crippen LogP contribution in [0.15, 0.2) is 42.5 Å². The summed E-state index contributed by atoms with van der Waals surface area (Å²) in [5.41, 5.74) is 0.830. The smallest absolute Gasteiger partial charge is 0.325 e. The van der Waals surface area contributed by atoms with Crippen LogP contribution in [0.1, 0.15) is 16.2 Å². The van der Waals surface area contributed by atoms with Gasteiger partial charge in [-0.05, 0) is 30.3 Å². The fraction of sp³-hybridized carbons (Fsp3) is 0.158. The minimum Gasteiger partial charge on any atom is -0.504 e. The first-order valence-electron chi connectivity index (χ1n) is 8.34. The van der Waals surface area contributed by atoms with Crippen molar-refractivity contribution in [1.29, 1.82) is 0 Å². The van der Waals surface area contributed by atoms with E-state index < -0.39 is 11.9 Å². The molecule has 0 radical (unpaired) electrons. The molecule has 28 heavy (non-hydrogen) atoms. The highest BCUT2D eigenvalue weighted by molar-refractivity contribution is 5.95. The van der Waals surface area contributed by atoms with Crippen molar-refractivity contribution in [2.45, 2.75) is 6.54 Å². The molecule has 1 amide bonds. The number of phenolic OH excluding ortho intramolecular Hbond substituents is 2. The zero-order valence-corrected chi connectivity index (χ0v) is 15.0. The lowest BCUT2D eigenvalue weighted by Crippen LogP contribution is -2.24. The van der Waals surface area contributed by atoms with E-state index in [2.05, 4.69) is 25.3 Å². The summed E-state index contributed by atoms with van der Waals surface area (Å²) in [5, 5.41) is 25.1. The van der Waals surface area contributed by atoms with E-state index in [9.17, 15) is 19.8 Å². The molecule has 1 heterocycles. The van der Waals surface area contributed by atoms with E-state index in [0.29, 0.717) is 17.2 Å². The van der Waals surface area contributed by atoms with Crippen LogP contribution >= 0.6 is 0 Å². The number of hydrogen-bond donors (Lipinski definition) is 4. The topological polar surface area (TPSA) is 134 Å². The third-order valence-corrected chi connectivity index (χ3v) is 3.92. The predicted molar refractivity (Wildman–Crippen MR) is 101 cm³/mol. The van der Waals surface area contributed by atoms with Crippen LogP contribution in [0.25, 0.3) is 10.9 Å². The lowest BCUT2D eigenvalue weighted by atomic mass is 10.2. The van der Waals surface area contributed by atoms with Gasteiger partial charge in [0.25, 0.3) is 5.91 Å². The molecule has 2 aromatic carbocycles. The molecule has 0 aliphatic carbocycles. The SMILES string of the molecule is COC(=O)CNc1nc(CNC(=O)c2ccc(O)c(O)c2)nc2ccccc12. The number of para-hydroxylation sites is 1. The Kier molecular flexibility index (Phi) is 5.54. The summed E-state index contributed by atoms with van der Waals surface area (Å²) in [6, 6.07) is 11.0. The maximum atomic E-state index is 12.2. The number of phenols is 2. The first-order chi connectivity index (χ1) is 13.5. The summed E-state index contributed by atoms with van der Waals surface area (Å²) in [5.74, 6) is -0.814. The number of methoxy groups -OCH3 is 1. The number of nitrogens with one attached hydrogen (secondary N) is 2. The zero-order chi connectivity index (χ0) is 20.1.